The van der Waals surface area contributed by atoms with Gasteiger partial charge in [-0.15, -0.1) is 0 Å². The summed E-state index contributed by atoms with van der Waals surface area (Å²) in [6.07, 6.45) is 1.77. The van der Waals surface area contributed by atoms with Crippen molar-refractivity contribution in [3.63, 3.8) is 0 Å². The predicted molar refractivity (Wildman–Crippen MR) is 81.2 cm³/mol. The molecule has 20 heavy (non-hydrogen) atoms. The Morgan fingerprint density at radius 3 is 2.50 bits per heavy atom. The zero-order valence-electron chi connectivity index (χ0n) is 12.7. The zero-order chi connectivity index (χ0) is 14.5. The van der Waals surface area contributed by atoms with E-state index in [1.165, 1.54) is 0 Å². The number of carbonyl (C=O) groups is 1. The fraction of sp³-hybridized carbons (Fsp3) is 0.600. The van der Waals surface area contributed by atoms with Crippen molar-refractivity contribution < 1.29 is 4.79 Å². The molecule has 0 saturated carbocycles. The molecule has 1 aliphatic rings. The fourth-order valence-electron chi connectivity index (χ4n) is 2.52. The van der Waals surface area contributed by atoms with E-state index in [4.69, 9.17) is 0 Å². The average Bonchev–Trinajstić information content (AvgIpc) is 2.49. The third-order valence-electron chi connectivity index (χ3n) is 3.87. The van der Waals surface area contributed by atoms with E-state index >= 15 is 0 Å². The van der Waals surface area contributed by atoms with Crippen LogP contribution in [0.25, 0.3) is 0 Å². The molecule has 0 unspecified atom stereocenters. The monoisotopic (exact) mass is 276 g/mol. The van der Waals surface area contributed by atoms with Gasteiger partial charge in [0.25, 0.3) is 5.91 Å². The van der Waals surface area contributed by atoms with Crippen LogP contribution in [0.2, 0.25) is 0 Å². The molecule has 1 saturated heterocycles. The molecule has 0 spiro atoms. The van der Waals surface area contributed by atoms with Crippen molar-refractivity contribution >= 4 is 11.7 Å². The molecule has 1 fully saturated rings. The number of likely N-dealkylation sites (N-methyl/N-ethyl adjacent to an activating group) is 1. The van der Waals surface area contributed by atoms with E-state index in [9.17, 15) is 4.79 Å². The Morgan fingerprint density at radius 2 is 1.90 bits per heavy atom. The van der Waals surface area contributed by atoms with E-state index in [1.807, 2.05) is 30.9 Å². The maximum absolute atomic E-state index is 12.6. The number of hydrogen-bond acceptors (Lipinski definition) is 4. The van der Waals surface area contributed by atoms with E-state index in [2.05, 4.69) is 21.8 Å². The average molecular weight is 276 g/mol. The normalized spacial score (nSPS) is 16.2. The van der Waals surface area contributed by atoms with Crippen molar-refractivity contribution in [2.45, 2.75) is 13.8 Å². The summed E-state index contributed by atoms with van der Waals surface area (Å²) in [6, 6.07) is 3.73. The van der Waals surface area contributed by atoms with E-state index in [-0.39, 0.29) is 5.91 Å². The molecule has 2 rings (SSSR count). The number of nitrogens with zero attached hydrogens (tertiary/aromatic N) is 4. The second kappa shape index (κ2) is 6.70. The molecule has 1 aliphatic heterocycles. The van der Waals surface area contributed by atoms with Gasteiger partial charge in [-0.05, 0) is 33.0 Å². The van der Waals surface area contributed by atoms with Crippen LogP contribution in [0.15, 0.2) is 18.3 Å². The number of amides is 1. The number of hydrogen-bond donors (Lipinski definition) is 0. The van der Waals surface area contributed by atoms with Crippen LogP contribution >= 0.6 is 0 Å². The Labute approximate surface area is 121 Å². The smallest absolute Gasteiger partial charge is 0.257 e. The lowest BCUT2D eigenvalue weighted by atomic mass is 10.2. The van der Waals surface area contributed by atoms with Gasteiger partial charge >= 0.3 is 0 Å². The quantitative estimate of drug-likeness (QED) is 0.831. The van der Waals surface area contributed by atoms with Crippen LogP contribution in [-0.2, 0) is 0 Å². The standard InChI is InChI=1S/C15H24N4O/c1-4-18(5-2)15(20)13-7-6-8-16-14(13)19-11-9-17(3)10-12-19/h6-8H,4-5,9-12H2,1-3H3. The summed E-state index contributed by atoms with van der Waals surface area (Å²) in [5.41, 5.74) is 0.723. The van der Waals surface area contributed by atoms with Gasteiger partial charge in [0.1, 0.15) is 5.82 Å². The van der Waals surface area contributed by atoms with Crippen molar-refractivity contribution in [3.8, 4) is 0 Å². The van der Waals surface area contributed by atoms with Crippen molar-refractivity contribution in [1.82, 2.24) is 14.8 Å². The van der Waals surface area contributed by atoms with E-state index in [0.717, 1.165) is 50.6 Å². The molecule has 0 bridgehead atoms. The molecule has 5 nitrogen and oxygen atoms in total. The topological polar surface area (TPSA) is 39.7 Å². The molecule has 1 amide bonds. The lowest BCUT2D eigenvalue weighted by Crippen LogP contribution is -2.45. The Morgan fingerprint density at radius 1 is 1.25 bits per heavy atom. The lowest BCUT2D eigenvalue weighted by Gasteiger charge is -2.34. The lowest BCUT2D eigenvalue weighted by molar-refractivity contribution is 0.0773. The summed E-state index contributed by atoms with van der Waals surface area (Å²) in [4.78, 5) is 23.4. The summed E-state index contributed by atoms with van der Waals surface area (Å²) in [5.74, 6) is 0.912. The summed E-state index contributed by atoms with van der Waals surface area (Å²) < 4.78 is 0. The second-order valence-electron chi connectivity index (χ2n) is 5.14. The fourth-order valence-corrected chi connectivity index (χ4v) is 2.52. The van der Waals surface area contributed by atoms with Crippen molar-refractivity contribution in [2.75, 3.05) is 51.2 Å². The Balaban J connectivity index is 2.24. The summed E-state index contributed by atoms with van der Waals surface area (Å²) in [7, 11) is 2.12. The largest absolute Gasteiger partial charge is 0.353 e. The zero-order valence-corrected chi connectivity index (χ0v) is 12.7. The van der Waals surface area contributed by atoms with Crippen LogP contribution in [0, 0.1) is 0 Å². The highest BCUT2D eigenvalue weighted by molar-refractivity contribution is 5.98. The highest BCUT2D eigenvalue weighted by atomic mass is 16.2. The van der Waals surface area contributed by atoms with Crippen LogP contribution in [0.4, 0.5) is 5.82 Å². The minimum atomic E-state index is 0.0806. The van der Waals surface area contributed by atoms with E-state index < -0.39 is 0 Å². The molecule has 110 valence electrons. The van der Waals surface area contributed by atoms with E-state index in [1.54, 1.807) is 6.20 Å². The molecule has 0 N–H and O–H groups in total. The van der Waals surface area contributed by atoms with Crippen molar-refractivity contribution in [3.05, 3.63) is 23.9 Å². The Kier molecular flexibility index (Phi) is 4.95. The van der Waals surface area contributed by atoms with Crippen LogP contribution in [0.3, 0.4) is 0 Å². The molecule has 0 aromatic carbocycles. The summed E-state index contributed by atoms with van der Waals surface area (Å²) in [5, 5.41) is 0. The van der Waals surface area contributed by atoms with Gasteiger partial charge in [0, 0.05) is 45.5 Å². The first-order valence-corrected chi connectivity index (χ1v) is 7.35. The first-order valence-electron chi connectivity index (χ1n) is 7.35. The van der Waals surface area contributed by atoms with Gasteiger partial charge in [0.15, 0.2) is 0 Å². The highest BCUT2D eigenvalue weighted by Crippen LogP contribution is 2.20. The molecule has 5 heteroatoms. The molecule has 2 heterocycles. The van der Waals surface area contributed by atoms with Crippen LogP contribution in [0.1, 0.15) is 24.2 Å². The van der Waals surface area contributed by atoms with Gasteiger partial charge in [-0.2, -0.15) is 0 Å². The van der Waals surface area contributed by atoms with Crippen LogP contribution in [-0.4, -0.2) is 67.0 Å². The van der Waals surface area contributed by atoms with Gasteiger partial charge in [-0.3, -0.25) is 4.79 Å². The van der Waals surface area contributed by atoms with Gasteiger partial charge < -0.3 is 14.7 Å². The Hall–Kier alpha value is -1.62. The minimum Gasteiger partial charge on any atom is -0.353 e. The SMILES string of the molecule is CCN(CC)C(=O)c1cccnc1N1CCN(C)CC1. The molecule has 0 radical (unpaired) electrons. The van der Waals surface area contributed by atoms with Crippen LogP contribution in [0.5, 0.6) is 0 Å². The maximum Gasteiger partial charge on any atom is 0.257 e. The van der Waals surface area contributed by atoms with Gasteiger partial charge in [0.05, 0.1) is 5.56 Å². The first kappa shape index (κ1) is 14.8. The third kappa shape index (κ3) is 3.10. The number of piperazine rings is 1. The molecule has 1 aromatic heterocycles. The van der Waals surface area contributed by atoms with Gasteiger partial charge in [-0.1, -0.05) is 0 Å². The van der Waals surface area contributed by atoms with E-state index in [0.29, 0.717) is 0 Å². The summed E-state index contributed by atoms with van der Waals surface area (Å²) in [6.45, 7) is 9.34. The Bertz CT molecular complexity index is 451. The molecule has 1 aromatic rings. The maximum atomic E-state index is 12.6. The number of anilines is 1. The highest BCUT2D eigenvalue weighted by Gasteiger charge is 2.23. The number of aromatic nitrogens is 1. The molecule has 0 atom stereocenters. The minimum absolute atomic E-state index is 0.0806. The number of pyridine rings is 1. The number of carbonyl (C=O) groups excluding carboxylic acids is 1. The predicted octanol–water partition coefficient (Wildman–Crippen LogP) is 1.32. The van der Waals surface area contributed by atoms with Crippen LogP contribution < -0.4 is 4.90 Å². The first-order chi connectivity index (χ1) is 9.67. The van der Waals surface area contributed by atoms with Crippen molar-refractivity contribution in [1.29, 1.82) is 0 Å². The molecular weight excluding hydrogens is 252 g/mol. The second-order valence-corrected chi connectivity index (χ2v) is 5.14. The molecule has 0 aliphatic carbocycles. The van der Waals surface area contributed by atoms with Crippen molar-refractivity contribution in [2.24, 2.45) is 0 Å². The third-order valence-corrected chi connectivity index (χ3v) is 3.87. The number of rotatable bonds is 4. The molecular formula is C15H24N4O. The summed E-state index contributed by atoms with van der Waals surface area (Å²) >= 11 is 0. The van der Waals surface area contributed by atoms with Gasteiger partial charge in [-0.25, -0.2) is 4.98 Å². The van der Waals surface area contributed by atoms with Gasteiger partial charge in [0.2, 0.25) is 0 Å².